The van der Waals surface area contributed by atoms with Crippen molar-refractivity contribution in [2.24, 2.45) is 0 Å². The van der Waals surface area contributed by atoms with Crippen LogP contribution in [0.4, 0.5) is 5.69 Å². The second kappa shape index (κ2) is 15.7. The Morgan fingerprint density at radius 3 is 2.18 bits per heavy atom. The fraction of sp³-hybridized carbons (Fsp3) is 0.244. The molecule has 260 valence electrons. The standard InChI is InChI=1S/C41H40N4O6/c1-3-31(27-11-6-4-7-12-27)37(28-13-8-5-9-14-28)29-17-19-30(20-18-29)51-26-25-44(2)36(47)23-24-42-33-16-10-15-32-38(33)41(50)45(40(32)49)34-21-22-35(46)43-39(34)48/h4-20,34,42H,3,21-26H2,1-2H3,(H,43,46,48). The van der Waals surface area contributed by atoms with Gasteiger partial charge in [-0.25, -0.2) is 0 Å². The molecule has 0 aliphatic carbocycles. The van der Waals surface area contributed by atoms with Gasteiger partial charge in [0, 0.05) is 32.1 Å². The van der Waals surface area contributed by atoms with Crippen molar-refractivity contribution in [2.45, 2.75) is 38.6 Å². The summed E-state index contributed by atoms with van der Waals surface area (Å²) in [5.41, 5.74) is 6.61. The number of nitrogens with one attached hydrogen (secondary N) is 2. The van der Waals surface area contributed by atoms with Gasteiger partial charge in [0.25, 0.3) is 11.8 Å². The van der Waals surface area contributed by atoms with Crippen LogP contribution < -0.4 is 15.4 Å². The molecule has 0 bridgehead atoms. The predicted octanol–water partition coefficient (Wildman–Crippen LogP) is 5.80. The van der Waals surface area contributed by atoms with Crippen LogP contribution in [0.15, 0.2) is 103 Å². The first-order valence-corrected chi connectivity index (χ1v) is 17.2. The summed E-state index contributed by atoms with van der Waals surface area (Å²) in [7, 11) is 1.71. The highest BCUT2D eigenvalue weighted by atomic mass is 16.5. The van der Waals surface area contributed by atoms with Gasteiger partial charge in [-0.2, -0.15) is 0 Å². The lowest BCUT2D eigenvalue weighted by molar-refractivity contribution is -0.136. The van der Waals surface area contributed by atoms with Crippen molar-refractivity contribution in [3.63, 3.8) is 0 Å². The molecular weight excluding hydrogens is 644 g/mol. The molecule has 51 heavy (non-hydrogen) atoms. The molecule has 2 N–H and O–H groups in total. The van der Waals surface area contributed by atoms with E-state index in [1.807, 2.05) is 24.3 Å². The maximum Gasteiger partial charge on any atom is 0.264 e. The van der Waals surface area contributed by atoms with Crippen LogP contribution in [-0.2, 0) is 14.4 Å². The molecule has 0 radical (unpaired) electrons. The Hall–Kier alpha value is -6.03. The minimum absolute atomic E-state index is 0.0457. The third-order valence-electron chi connectivity index (χ3n) is 9.23. The SMILES string of the molecule is CCC(=C(c1ccccc1)c1ccc(OCCN(C)C(=O)CCNc2cccc3c2C(=O)N(C2CCC(=O)NC2=O)C3=O)cc1)c1ccccc1. The van der Waals surface area contributed by atoms with E-state index in [1.165, 1.54) is 22.8 Å². The first-order chi connectivity index (χ1) is 24.8. The van der Waals surface area contributed by atoms with Gasteiger partial charge in [-0.05, 0) is 64.9 Å². The Kier molecular flexibility index (Phi) is 10.7. The number of fused-ring (bicyclic) bond motifs is 1. The van der Waals surface area contributed by atoms with Crippen LogP contribution in [0.5, 0.6) is 5.75 Å². The van der Waals surface area contributed by atoms with Crippen molar-refractivity contribution in [2.75, 3.05) is 32.1 Å². The topological polar surface area (TPSA) is 125 Å². The Morgan fingerprint density at radius 2 is 1.51 bits per heavy atom. The molecular formula is C41H40N4O6. The van der Waals surface area contributed by atoms with E-state index in [9.17, 15) is 24.0 Å². The van der Waals surface area contributed by atoms with E-state index in [4.69, 9.17) is 4.74 Å². The van der Waals surface area contributed by atoms with Crippen LogP contribution in [0, 0.1) is 0 Å². The van der Waals surface area contributed by atoms with E-state index in [1.54, 1.807) is 24.1 Å². The molecule has 0 saturated carbocycles. The van der Waals surface area contributed by atoms with Crippen LogP contribution in [0.3, 0.4) is 0 Å². The number of likely N-dealkylation sites (N-methyl/N-ethyl adjacent to an activating group) is 1. The highest BCUT2D eigenvalue weighted by Crippen LogP contribution is 2.35. The molecule has 10 nitrogen and oxygen atoms in total. The zero-order valence-electron chi connectivity index (χ0n) is 28.7. The number of amides is 5. The number of rotatable bonds is 13. The minimum atomic E-state index is -1.05. The van der Waals surface area contributed by atoms with E-state index in [-0.39, 0.29) is 42.8 Å². The number of hydrogen-bond donors (Lipinski definition) is 2. The van der Waals surface area contributed by atoms with Gasteiger partial charge in [0.05, 0.1) is 17.7 Å². The second-order valence-corrected chi connectivity index (χ2v) is 12.5. The number of benzene rings is 4. The highest BCUT2D eigenvalue weighted by molar-refractivity contribution is 6.25. The molecule has 1 saturated heterocycles. The number of imide groups is 2. The molecule has 0 spiro atoms. The third kappa shape index (κ3) is 7.60. The van der Waals surface area contributed by atoms with Crippen LogP contribution in [0.25, 0.3) is 11.1 Å². The maximum atomic E-state index is 13.3. The van der Waals surface area contributed by atoms with Gasteiger partial charge >= 0.3 is 0 Å². The molecule has 6 rings (SSSR count). The fourth-order valence-corrected chi connectivity index (χ4v) is 6.58. The first kappa shape index (κ1) is 34.8. The molecule has 5 amide bonds. The van der Waals surface area contributed by atoms with Crippen LogP contribution >= 0.6 is 0 Å². The minimum Gasteiger partial charge on any atom is -0.492 e. The Balaban J connectivity index is 1.03. The van der Waals surface area contributed by atoms with Crippen LogP contribution in [0.2, 0.25) is 0 Å². The molecule has 4 aromatic carbocycles. The summed E-state index contributed by atoms with van der Waals surface area (Å²) in [5.74, 6) is -1.69. The van der Waals surface area contributed by atoms with Gasteiger partial charge < -0.3 is 15.0 Å². The van der Waals surface area contributed by atoms with E-state index in [2.05, 4.69) is 78.2 Å². The third-order valence-corrected chi connectivity index (χ3v) is 9.23. The smallest absolute Gasteiger partial charge is 0.264 e. The number of carbonyl (C=O) groups excluding carboxylic acids is 5. The predicted molar refractivity (Wildman–Crippen MR) is 195 cm³/mol. The number of carbonyl (C=O) groups is 5. The Labute approximate surface area is 297 Å². The number of anilines is 1. The molecule has 2 aliphatic rings. The highest BCUT2D eigenvalue weighted by Gasteiger charge is 2.45. The molecule has 10 heteroatoms. The normalized spacial score (nSPS) is 16.0. The van der Waals surface area contributed by atoms with Crippen molar-refractivity contribution in [1.29, 1.82) is 0 Å². The van der Waals surface area contributed by atoms with E-state index in [0.717, 1.165) is 22.4 Å². The summed E-state index contributed by atoms with van der Waals surface area (Å²) in [6, 6.07) is 32.6. The summed E-state index contributed by atoms with van der Waals surface area (Å²) >= 11 is 0. The molecule has 0 aromatic heterocycles. The monoisotopic (exact) mass is 684 g/mol. The largest absolute Gasteiger partial charge is 0.492 e. The van der Waals surface area contributed by atoms with Crippen molar-refractivity contribution in [3.8, 4) is 5.75 Å². The van der Waals surface area contributed by atoms with Gasteiger partial charge in [-0.15, -0.1) is 0 Å². The lowest BCUT2D eigenvalue weighted by atomic mass is 9.88. The number of allylic oxidation sites excluding steroid dienone is 1. The van der Waals surface area contributed by atoms with Crippen molar-refractivity contribution < 1.29 is 28.7 Å². The van der Waals surface area contributed by atoms with E-state index >= 15 is 0 Å². The molecule has 1 atom stereocenters. The van der Waals surface area contributed by atoms with Gasteiger partial charge in [0.15, 0.2) is 0 Å². The second-order valence-electron chi connectivity index (χ2n) is 12.5. The molecule has 1 fully saturated rings. The lowest BCUT2D eigenvalue weighted by Crippen LogP contribution is -2.54. The van der Waals surface area contributed by atoms with Gasteiger partial charge in [0.2, 0.25) is 17.7 Å². The maximum absolute atomic E-state index is 13.3. The molecule has 2 heterocycles. The van der Waals surface area contributed by atoms with Crippen molar-refractivity contribution >= 4 is 46.4 Å². The quantitative estimate of drug-likeness (QED) is 0.135. The number of nitrogens with zero attached hydrogens (tertiary/aromatic N) is 2. The van der Waals surface area contributed by atoms with E-state index in [0.29, 0.717) is 24.6 Å². The summed E-state index contributed by atoms with van der Waals surface area (Å²) in [5, 5.41) is 5.32. The molecule has 4 aromatic rings. The van der Waals surface area contributed by atoms with Gasteiger partial charge in [0.1, 0.15) is 18.4 Å². The number of hydrogen-bond acceptors (Lipinski definition) is 7. The van der Waals surface area contributed by atoms with Gasteiger partial charge in [-0.1, -0.05) is 85.8 Å². The van der Waals surface area contributed by atoms with Gasteiger partial charge in [-0.3, -0.25) is 34.2 Å². The van der Waals surface area contributed by atoms with E-state index < -0.39 is 29.7 Å². The van der Waals surface area contributed by atoms with Crippen LogP contribution in [0.1, 0.15) is 70.0 Å². The van der Waals surface area contributed by atoms with Crippen molar-refractivity contribution in [3.05, 3.63) is 131 Å². The number of piperidine rings is 1. The van der Waals surface area contributed by atoms with Crippen LogP contribution in [-0.4, -0.2) is 72.1 Å². The van der Waals surface area contributed by atoms with Crippen molar-refractivity contribution in [1.82, 2.24) is 15.1 Å². The Morgan fingerprint density at radius 1 is 0.843 bits per heavy atom. The summed E-state index contributed by atoms with van der Waals surface area (Å²) in [6.07, 6.45) is 1.14. The summed E-state index contributed by atoms with van der Waals surface area (Å²) in [6.45, 7) is 3.08. The summed E-state index contributed by atoms with van der Waals surface area (Å²) in [4.78, 5) is 65.9. The lowest BCUT2D eigenvalue weighted by Gasteiger charge is -2.27. The average molecular weight is 685 g/mol. The Bertz CT molecular complexity index is 1970. The average Bonchev–Trinajstić information content (AvgIpc) is 3.40. The molecule has 1 unspecified atom stereocenters. The summed E-state index contributed by atoms with van der Waals surface area (Å²) < 4.78 is 6.01. The number of ether oxygens (including phenoxy) is 1. The molecule has 2 aliphatic heterocycles. The first-order valence-electron chi connectivity index (χ1n) is 17.2. The zero-order chi connectivity index (χ0) is 35.9. The zero-order valence-corrected chi connectivity index (χ0v) is 28.7. The fourth-order valence-electron chi connectivity index (χ4n) is 6.58.